The predicted molar refractivity (Wildman–Crippen MR) is 61.8 cm³/mol. The maximum absolute atomic E-state index is 11.8. The first kappa shape index (κ1) is 11.2. The zero-order chi connectivity index (χ0) is 11.2. The van der Waals surface area contributed by atoms with Crippen molar-refractivity contribution in [3.05, 3.63) is 18.7 Å². The van der Waals surface area contributed by atoms with Gasteiger partial charge in [0.1, 0.15) is 0 Å². The van der Waals surface area contributed by atoms with Gasteiger partial charge in [0.15, 0.2) is 0 Å². The van der Waals surface area contributed by atoms with Crippen molar-refractivity contribution in [2.45, 2.75) is 38.6 Å². The van der Waals surface area contributed by atoms with Gasteiger partial charge in [-0.25, -0.2) is 4.98 Å². The molecule has 0 bridgehead atoms. The summed E-state index contributed by atoms with van der Waals surface area (Å²) >= 11 is 0. The summed E-state index contributed by atoms with van der Waals surface area (Å²) in [5.74, 6) is 0.497. The van der Waals surface area contributed by atoms with E-state index in [0.29, 0.717) is 6.54 Å². The molecule has 4 heteroatoms. The van der Waals surface area contributed by atoms with Crippen LogP contribution in [0.3, 0.4) is 0 Å². The van der Waals surface area contributed by atoms with Crippen LogP contribution in [0.15, 0.2) is 18.7 Å². The van der Waals surface area contributed by atoms with E-state index in [-0.39, 0.29) is 11.8 Å². The van der Waals surface area contributed by atoms with Gasteiger partial charge in [-0.2, -0.15) is 0 Å². The Bertz CT molecular complexity index is 315. The van der Waals surface area contributed by atoms with E-state index in [2.05, 4.69) is 10.3 Å². The maximum Gasteiger partial charge on any atom is 0.223 e. The van der Waals surface area contributed by atoms with Crippen molar-refractivity contribution in [2.75, 3.05) is 6.54 Å². The molecule has 1 aromatic heterocycles. The Morgan fingerprint density at radius 2 is 2.19 bits per heavy atom. The highest BCUT2D eigenvalue weighted by molar-refractivity contribution is 5.78. The number of nitrogens with zero attached hydrogens (tertiary/aromatic N) is 2. The molecule has 0 radical (unpaired) electrons. The fraction of sp³-hybridized carbons (Fsp3) is 0.667. The van der Waals surface area contributed by atoms with E-state index in [0.717, 1.165) is 19.4 Å². The van der Waals surface area contributed by atoms with Crippen LogP contribution in [0.1, 0.15) is 32.1 Å². The Labute approximate surface area is 96.1 Å². The molecule has 0 unspecified atom stereocenters. The number of amides is 1. The zero-order valence-electron chi connectivity index (χ0n) is 9.56. The van der Waals surface area contributed by atoms with Gasteiger partial charge in [-0.3, -0.25) is 4.79 Å². The van der Waals surface area contributed by atoms with E-state index in [4.69, 9.17) is 0 Å². The van der Waals surface area contributed by atoms with Crippen molar-refractivity contribution in [3.8, 4) is 0 Å². The first-order valence-electron chi connectivity index (χ1n) is 6.10. The molecular weight excluding hydrogens is 202 g/mol. The van der Waals surface area contributed by atoms with Gasteiger partial charge in [0.25, 0.3) is 0 Å². The average Bonchev–Trinajstić information content (AvgIpc) is 2.83. The van der Waals surface area contributed by atoms with Crippen molar-refractivity contribution in [3.63, 3.8) is 0 Å². The minimum atomic E-state index is 0.236. The van der Waals surface area contributed by atoms with Gasteiger partial charge in [0.05, 0.1) is 6.33 Å². The Morgan fingerprint density at radius 1 is 1.38 bits per heavy atom. The predicted octanol–water partition coefficient (Wildman–Crippen LogP) is 1.58. The molecule has 1 aliphatic rings. The smallest absolute Gasteiger partial charge is 0.223 e. The molecule has 88 valence electrons. The molecule has 4 nitrogen and oxygen atoms in total. The number of aromatic nitrogens is 2. The quantitative estimate of drug-likeness (QED) is 0.839. The summed E-state index contributed by atoms with van der Waals surface area (Å²) in [5.41, 5.74) is 0. The van der Waals surface area contributed by atoms with Gasteiger partial charge < -0.3 is 9.88 Å². The molecule has 16 heavy (non-hydrogen) atoms. The van der Waals surface area contributed by atoms with E-state index < -0.39 is 0 Å². The first-order valence-corrected chi connectivity index (χ1v) is 6.10. The van der Waals surface area contributed by atoms with Crippen molar-refractivity contribution < 1.29 is 4.79 Å². The lowest BCUT2D eigenvalue weighted by Crippen LogP contribution is -2.33. The van der Waals surface area contributed by atoms with Gasteiger partial charge in [-0.1, -0.05) is 19.3 Å². The highest BCUT2D eigenvalue weighted by Crippen LogP contribution is 2.23. The Kier molecular flexibility index (Phi) is 3.97. The number of carbonyl (C=O) groups is 1. The van der Waals surface area contributed by atoms with E-state index in [1.165, 1.54) is 19.3 Å². The summed E-state index contributed by atoms with van der Waals surface area (Å²) in [4.78, 5) is 15.8. The standard InChI is InChI=1S/C12H19N3O/c16-12(11-4-2-1-3-5-11)14-7-9-15-8-6-13-10-15/h6,8,10-11H,1-5,7,9H2,(H,14,16). The van der Waals surface area contributed by atoms with Gasteiger partial charge in [-0.05, 0) is 12.8 Å². The topological polar surface area (TPSA) is 46.9 Å². The third kappa shape index (κ3) is 3.08. The van der Waals surface area contributed by atoms with Gasteiger partial charge in [0, 0.05) is 31.4 Å². The van der Waals surface area contributed by atoms with Crippen molar-refractivity contribution in [1.29, 1.82) is 0 Å². The molecule has 1 heterocycles. The van der Waals surface area contributed by atoms with E-state index in [9.17, 15) is 4.79 Å². The molecule has 1 saturated carbocycles. The monoisotopic (exact) mass is 221 g/mol. The van der Waals surface area contributed by atoms with Crippen LogP contribution in [-0.2, 0) is 11.3 Å². The molecule has 0 aromatic carbocycles. The number of hydrogen-bond acceptors (Lipinski definition) is 2. The third-order valence-electron chi connectivity index (χ3n) is 3.20. The number of imidazole rings is 1. The Hall–Kier alpha value is -1.32. The van der Waals surface area contributed by atoms with Crippen LogP contribution in [0, 0.1) is 5.92 Å². The summed E-state index contributed by atoms with van der Waals surface area (Å²) < 4.78 is 1.97. The second-order valence-electron chi connectivity index (χ2n) is 4.43. The van der Waals surface area contributed by atoms with Crippen molar-refractivity contribution in [2.24, 2.45) is 5.92 Å². The number of nitrogens with one attached hydrogen (secondary N) is 1. The Morgan fingerprint density at radius 3 is 2.88 bits per heavy atom. The van der Waals surface area contributed by atoms with Crippen LogP contribution in [-0.4, -0.2) is 22.0 Å². The number of hydrogen-bond donors (Lipinski definition) is 1. The van der Waals surface area contributed by atoms with E-state index in [1.807, 2.05) is 10.8 Å². The minimum absolute atomic E-state index is 0.236. The summed E-state index contributed by atoms with van der Waals surface area (Å²) in [6.45, 7) is 1.50. The van der Waals surface area contributed by atoms with Gasteiger partial charge in [-0.15, -0.1) is 0 Å². The maximum atomic E-state index is 11.8. The summed E-state index contributed by atoms with van der Waals surface area (Å²) in [7, 11) is 0. The highest BCUT2D eigenvalue weighted by atomic mass is 16.1. The highest BCUT2D eigenvalue weighted by Gasteiger charge is 2.20. The van der Waals surface area contributed by atoms with Crippen LogP contribution < -0.4 is 5.32 Å². The fourth-order valence-corrected chi connectivity index (χ4v) is 2.24. The molecule has 1 aliphatic carbocycles. The molecule has 1 aromatic rings. The summed E-state index contributed by atoms with van der Waals surface area (Å²) in [6.07, 6.45) is 11.3. The number of rotatable bonds is 4. The molecule has 0 spiro atoms. The van der Waals surface area contributed by atoms with Crippen LogP contribution in [0.25, 0.3) is 0 Å². The van der Waals surface area contributed by atoms with Crippen molar-refractivity contribution in [1.82, 2.24) is 14.9 Å². The van der Waals surface area contributed by atoms with Crippen LogP contribution in [0.5, 0.6) is 0 Å². The van der Waals surface area contributed by atoms with Crippen LogP contribution in [0.4, 0.5) is 0 Å². The molecule has 2 rings (SSSR count). The molecule has 1 N–H and O–H groups in total. The third-order valence-corrected chi connectivity index (χ3v) is 3.20. The summed E-state index contributed by atoms with van der Waals surface area (Å²) in [6, 6.07) is 0. The zero-order valence-corrected chi connectivity index (χ0v) is 9.56. The average molecular weight is 221 g/mol. The Balaban J connectivity index is 1.67. The SMILES string of the molecule is O=C(NCCn1ccnc1)C1CCCCC1. The lowest BCUT2D eigenvalue weighted by molar-refractivity contribution is -0.125. The normalized spacial score (nSPS) is 17.2. The van der Waals surface area contributed by atoms with Gasteiger partial charge in [0.2, 0.25) is 5.91 Å². The van der Waals surface area contributed by atoms with Crippen LogP contribution >= 0.6 is 0 Å². The molecule has 0 saturated heterocycles. The molecule has 1 amide bonds. The minimum Gasteiger partial charge on any atom is -0.354 e. The molecule has 0 aliphatic heterocycles. The largest absolute Gasteiger partial charge is 0.354 e. The van der Waals surface area contributed by atoms with Crippen LogP contribution in [0.2, 0.25) is 0 Å². The second-order valence-corrected chi connectivity index (χ2v) is 4.43. The number of carbonyl (C=O) groups excluding carboxylic acids is 1. The fourth-order valence-electron chi connectivity index (χ4n) is 2.24. The molecule has 1 fully saturated rings. The lowest BCUT2D eigenvalue weighted by atomic mass is 9.89. The van der Waals surface area contributed by atoms with Gasteiger partial charge >= 0.3 is 0 Å². The molecule has 0 atom stereocenters. The van der Waals surface area contributed by atoms with Crippen molar-refractivity contribution >= 4 is 5.91 Å². The molecular formula is C12H19N3O. The van der Waals surface area contributed by atoms with E-state index >= 15 is 0 Å². The second kappa shape index (κ2) is 5.68. The van der Waals surface area contributed by atoms with E-state index in [1.54, 1.807) is 12.5 Å². The lowest BCUT2D eigenvalue weighted by Gasteiger charge is -2.20. The summed E-state index contributed by atoms with van der Waals surface area (Å²) in [5, 5.41) is 3.00. The first-order chi connectivity index (χ1) is 7.86.